The molecule has 0 saturated heterocycles. The fourth-order valence-electron chi connectivity index (χ4n) is 2.69. The number of aromatic nitrogens is 1. The predicted octanol–water partition coefficient (Wildman–Crippen LogP) is 5.14. The number of hydrogen-bond acceptors (Lipinski definition) is 3. The van der Waals surface area contributed by atoms with Crippen molar-refractivity contribution < 1.29 is 0 Å². The van der Waals surface area contributed by atoms with Crippen molar-refractivity contribution >= 4 is 38.9 Å². The number of fused-ring (bicyclic) bond motifs is 1. The Morgan fingerprint density at radius 3 is 3.05 bits per heavy atom. The van der Waals surface area contributed by atoms with Gasteiger partial charge in [-0.2, -0.15) is 0 Å². The predicted molar refractivity (Wildman–Crippen MR) is 93.4 cm³/mol. The zero-order valence-electron chi connectivity index (χ0n) is 12.0. The zero-order chi connectivity index (χ0) is 14.8. The smallest absolute Gasteiger partial charge is 0.115 e. The van der Waals surface area contributed by atoms with Gasteiger partial charge in [-0.05, 0) is 56.0 Å². The maximum absolute atomic E-state index is 6.43. The van der Waals surface area contributed by atoms with E-state index in [9.17, 15) is 0 Å². The van der Waals surface area contributed by atoms with Crippen LogP contribution in [-0.4, -0.2) is 11.5 Å². The second kappa shape index (κ2) is 6.78. The average molecular weight is 386 g/mol. The van der Waals surface area contributed by atoms with Crippen LogP contribution in [0.25, 0.3) is 0 Å². The summed E-state index contributed by atoms with van der Waals surface area (Å²) in [6.07, 6.45) is 4.64. The molecule has 1 N–H and O–H groups in total. The van der Waals surface area contributed by atoms with E-state index in [1.165, 1.54) is 23.4 Å². The number of rotatable bonds is 5. The fraction of sp³-hybridized carbons (Fsp3) is 0.438. The number of hydrogen-bond donors (Lipinski definition) is 1. The highest BCUT2D eigenvalue weighted by molar-refractivity contribution is 9.10. The molecule has 1 unspecified atom stereocenters. The Kier molecular flexibility index (Phi) is 4.99. The molecule has 3 rings (SSSR count). The average Bonchev–Trinajstić information content (AvgIpc) is 3.04. The Morgan fingerprint density at radius 1 is 1.43 bits per heavy atom. The molecule has 0 spiro atoms. The van der Waals surface area contributed by atoms with Crippen LogP contribution in [0.5, 0.6) is 0 Å². The van der Waals surface area contributed by atoms with Gasteiger partial charge in [-0.15, -0.1) is 11.3 Å². The van der Waals surface area contributed by atoms with E-state index < -0.39 is 0 Å². The van der Waals surface area contributed by atoms with Crippen molar-refractivity contribution in [2.45, 2.75) is 38.6 Å². The SMILES string of the molecule is CCCNC(c1nc2c(s1)CCC2)c1cc(Br)ccc1Cl. The van der Waals surface area contributed by atoms with E-state index in [4.69, 9.17) is 16.6 Å². The lowest BCUT2D eigenvalue weighted by Crippen LogP contribution is -2.23. The molecule has 1 aromatic carbocycles. The van der Waals surface area contributed by atoms with Gasteiger partial charge in [0.2, 0.25) is 0 Å². The summed E-state index contributed by atoms with van der Waals surface area (Å²) < 4.78 is 1.05. The number of benzene rings is 1. The second-order valence-corrected chi connectivity index (χ2v) is 7.77. The first kappa shape index (κ1) is 15.5. The molecule has 1 aromatic heterocycles. The Hall–Kier alpha value is -0.420. The molecule has 1 atom stereocenters. The highest BCUT2D eigenvalue weighted by atomic mass is 79.9. The standard InChI is InChI=1S/C16H18BrClN2S/c1-2-8-19-15(11-9-10(17)6-7-12(11)18)16-20-13-4-3-5-14(13)21-16/h6-7,9,15,19H,2-5,8H2,1H3. The van der Waals surface area contributed by atoms with Gasteiger partial charge in [-0.25, -0.2) is 4.98 Å². The van der Waals surface area contributed by atoms with Crippen LogP contribution in [0.15, 0.2) is 22.7 Å². The maximum Gasteiger partial charge on any atom is 0.115 e. The summed E-state index contributed by atoms with van der Waals surface area (Å²) in [6.45, 7) is 3.13. The maximum atomic E-state index is 6.43. The lowest BCUT2D eigenvalue weighted by Gasteiger charge is -2.18. The number of aryl methyl sites for hydroxylation is 2. The van der Waals surface area contributed by atoms with Gasteiger partial charge in [0.25, 0.3) is 0 Å². The number of thiazole rings is 1. The molecule has 0 radical (unpaired) electrons. The summed E-state index contributed by atoms with van der Waals surface area (Å²) in [5.74, 6) is 0. The molecule has 0 fully saturated rings. The van der Waals surface area contributed by atoms with E-state index >= 15 is 0 Å². The first-order valence-corrected chi connectivity index (χ1v) is 9.34. The monoisotopic (exact) mass is 384 g/mol. The van der Waals surface area contributed by atoms with Gasteiger partial charge in [0.05, 0.1) is 11.7 Å². The lowest BCUT2D eigenvalue weighted by atomic mass is 10.1. The summed E-state index contributed by atoms with van der Waals surface area (Å²) in [5.41, 5.74) is 2.40. The van der Waals surface area contributed by atoms with E-state index in [1.54, 1.807) is 0 Å². The highest BCUT2D eigenvalue weighted by Crippen LogP contribution is 2.36. The van der Waals surface area contributed by atoms with Crippen molar-refractivity contribution in [1.29, 1.82) is 0 Å². The van der Waals surface area contributed by atoms with E-state index in [1.807, 2.05) is 23.5 Å². The molecule has 5 heteroatoms. The van der Waals surface area contributed by atoms with Gasteiger partial charge in [0.15, 0.2) is 0 Å². The van der Waals surface area contributed by atoms with Crippen LogP contribution in [0, 0.1) is 0 Å². The van der Waals surface area contributed by atoms with Gasteiger partial charge >= 0.3 is 0 Å². The summed E-state index contributed by atoms with van der Waals surface area (Å²) in [6, 6.07) is 6.11. The highest BCUT2D eigenvalue weighted by Gasteiger charge is 2.24. The molecule has 21 heavy (non-hydrogen) atoms. The molecule has 0 amide bonds. The molecule has 2 nitrogen and oxygen atoms in total. The van der Waals surface area contributed by atoms with E-state index in [2.05, 4.69) is 34.2 Å². The van der Waals surface area contributed by atoms with Crippen LogP contribution >= 0.6 is 38.9 Å². The third kappa shape index (κ3) is 3.34. The first-order chi connectivity index (χ1) is 10.2. The van der Waals surface area contributed by atoms with Crippen molar-refractivity contribution in [3.8, 4) is 0 Å². The summed E-state index contributed by atoms with van der Waals surface area (Å²) in [5, 5.41) is 5.54. The zero-order valence-corrected chi connectivity index (χ0v) is 15.1. The molecular weight excluding hydrogens is 368 g/mol. The topological polar surface area (TPSA) is 24.9 Å². The summed E-state index contributed by atoms with van der Waals surface area (Å²) in [4.78, 5) is 6.33. The van der Waals surface area contributed by atoms with E-state index in [0.29, 0.717) is 0 Å². The van der Waals surface area contributed by atoms with Crippen molar-refractivity contribution in [2.24, 2.45) is 0 Å². The molecule has 112 valence electrons. The second-order valence-electron chi connectivity index (χ2n) is 5.33. The van der Waals surface area contributed by atoms with Gasteiger partial charge in [0.1, 0.15) is 5.01 Å². The van der Waals surface area contributed by atoms with Crippen LogP contribution in [0.4, 0.5) is 0 Å². The van der Waals surface area contributed by atoms with Crippen molar-refractivity contribution in [3.63, 3.8) is 0 Å². The number of halogens is 2. The quantitative estimate of drug-likeness (QED) is 0.771. The van der Waals surface area contributed by atoms with Crippen molar-refractivity contribution in [1.82, 2.24) is 10.3 Å². The Morgan fingerprint density at radius 2 is 2.29 bits per heavy atom. The molecule has 2 aromatic rings. The first-order valence-electron chi connectivity index (χ1n) is 7.36. The van der Waals surface area contributed by atoms with Gasteiger partial charge in [0, 0.05) is 14.4 Å². The number of nitrogens with one attached hydrogen (secondary N) is 1. The third-order valence-corrected chi connectivity index (χ3v) is 5.79. The minimum Gasteiger partial charge on any atom is -0.304 e. The molecule has 1 aliphatic rings. The van der Waals surface area contributed by atoms with Crippen molar-refractivity contribution in [3.05, 3.63) is 48.8 Å². The fourth-order valence-corrected chi connectivity index (χ4v) is 4.54. The molecular formula is C16H18BrClN2S. The van der Waals surface area contributed by atoms with Crippen LogP contribution in [-0.2, 0) is 12.8 Å². The van der Waals surface area contributed by atoms with E-state index in [0.717, 1.165) is 39.5 Å². The van der Waals surface area contributed by atoms with Crippen LogP contribution in [0.2, 0.25) is 5.02 Å². The van der Waals surface area contributed by atoms with Crippen LogP contribution < -0.4 is 5.32 Å². The summed E-state index contributed by atoms with van der Waals surface area (Å²) in [7, 11) is 0. The van der Waals surface area contributed by atoms with Crippen LogP contribution in [0.1, 0.15) is 46.9 Å². The van der Waals surface area contributed by atoms with Crippen LogP contribution in [0.3, 0.4) is 0 Å². The van der Waals surface area contributed by atoms with Gasteiger partial charge in [-0.1, -0.05) is 34.5 Å². The van der Waals surface area contributed by atoms with Crippen molar-refractivity contribution in [2.75, 3.05) is 6.54 Å². The minimum absolute atomic E-state index is 0.0885. The van der Waals surface area contributed by atoms with E-state index in [-0.39, 0.29) is 6.04 Å². The Labute approximate surface area is 143 Å². The molecule has 0 aliphatic heterocycles. The number of nitrogens with zero attached hydrogens (tertiary/aromatic N) is 1. The minimum atomic E-state index is 0.0885. The summed E-state index contributed by atoms with van der Waals surface area (Å²) >= 11 is 11.8. The van der Waals surface area contributed by atoms with Gasteiger partial charge < -0.3 is 5.32 Å². The molecule has 0 saturated carbocycles. The van der Waals surface area contributed by atoms with Gasteiger partial charge in [-0.3, -0.25) is 0 Å². The molecule has 0 bridgehead atoms. The third-order valence-electron chi connectivity index (χ3n) is 3.73. The Bertz CT molecular complexity index is 620. The largest absolute Gasteiger partial charge is 0.304 e. The Balaban J connectivity index is 1.98. The molecule has 1 aliphatic carbocycles. The normalized spacial score (nSPS) is 15.2. The molecule has 1 heterocycles. The lowest BCUT2D eigenvalue weighted by molar-refractivity contribution is 0.594.